The molecule has 0 bridgehead atoms. The number of sulfone groups is 1. The highest BCUT2D eigenvalue weighted by Crippen LogP contribution is 2.64. The van der Waals surface area contributed by atoms with Gasteiger partial charge in [-0.3, -0.25) is 0 Å². The second-order valence-corrected chi connectivity index (χ2v) is 9.45. The lowest BCUT2D eigenvalue weighted by molar-refractivity contribution is 0.166. The first-order valence-corrected chi connectivity index (χ1v) is 10.5. The van der Waals surface area contributed by atoms with Crippen molar-refractivity contribution >= 4 is 38.6 Å². The standard InChI is InChI=1S/C19H20ClNO4S2/c1-24-11-19(18(21)26)16(12-3-7-14(25-2)8-4-12)17(19)27(22,23)15-9-5-13(20)6-10-15/h3-10,16-17H,11H2,1-2H3,(H2,21,26). The number of benzene rings is 2. The lowest BCUT2D eigenvalue weighted by atomic mass is 10.00. The molecule has 3 unspecified atom stereocenters. The molecule has 3 atom stereocenters. The van der Waals surface area contributed by atoms with Crippen molar-refractivity contribution in [3.8, 4) is 5.75 Å². The van der Waals surface area contributed by atoms with Gasteiger partial charge in [0.25, 0.3) is 0 Å². The molecular weight excluding hydrogens is 406 g/mol. The van der Waals surface area contributed by atoms with Gasteiger partial charge in [-0.15, -0.1) is 0 Å². The van der Waals surface area contributed by atoms with Crippen molar-refractivity contribution in [3.05, 3.63) is 59.1 Å². The smallest absolute Gasteiger partial charge is 0.182 e. The minimum absolute atomic E-state index is 0.122. The summed E-state index contributed by atoms with van der Waals surface area (Å²) in [6.07, 6.45) is 0. The van der Waals surface area contributed by atoms with E-state index in [4.69, 9.17) is 39.0 Å². The highest BCUT2D eigenvalue weighted by Gasteiger charge is 2.73. The van der Waals surface area contributed by atoms with E-state index >= 15 is 0 Å². The SMILES string of the molecule is COCC1(C(N)=S)C(c2ccc(OC)cc2)C1S(=O)(=O)c1ccc(Cl)cc1. The lowest BCUT2D eigenvalue weighted by Gasteiger charge is -2.16. The second-order valence-electron chi connectivity index (χ2n) is 6.51. The van der Waals surface area contributed by atoms with Crippen molar-refractivity contribution in [3.63, 3.8) is 0 Å². The highest BCUT2D eigenvalue weighted by molar-refractivity contribution is 7.92. The van der Waals surface area contributed by atoms with E-state index in [1.165, 1.54) is 19.2 Å². The molecule has 0 amide bonds. The van der Waals surface area contributed by atoms with Crippen LogP contribution in [-0.2, 0) is 14.6 Å². The van der Waals surface area contributed by atoms with E-state index in [2.05, 4.69) is 0 Å². The number of nitrogens with two attached hydrogens (primary N) is 1. The van der Waals surface area contributed by atoms with Gasteiger partial charge >= 0.3 is 0 Å². The average molecular weight is 426 g/mol. The first kappa shape index (κ1) is 20.1. The van der Waals surface area contributed by atoms with Crippen molar-refractivity contribution in [2.24, 2.45) is 11.1 Å². The van der Waals surface area contributed by atoms with Crippen LogP contribution in [0.1, 0.15) is 11.5 Å². The molecule has 27 heavy (non-hydrogen) atoms. The van der Waals surface area contributed by atoms with Crippen LogP contribution in [0.5, 0.6) is 5.75 Å². The topological polar surface area (TPSA) is 78.6 Å². The van der Waals surface area contributed by atoms with Crippen molar-refractivity contribution in [2.75, 3.05) is 20.8 Å². The van der Waals surface area contributed by atoms with Gasteiger partial charge in [0.2, 0.25) is 0 Å². The van der Waals surface area contributed by atoms with E-state index in [9.17, 15) is 8.42 Å². The summed E-state index contributed by atoms with van der Waals surface area (Å²) in [6.45, 7) is 0.122. The Morgan fingerprint density at radius 1 is 1.15 bits per heavy atom. The molecule has 0 spiro atoms. The summed E-state index contributed by atoms with van der Waals surface area (Å²) in [5.41, 5.74) is 5.89. The van der Waals surface area contributed by atoms with Gasteiger partial charge in [0.1, 0.15) is 5.75 Å². The maximum atomic E-state index is 13.4. The third kappa shape index (κ3) is 3.33. The number of rotatable bonds is 7. The van der Waals surface area contributed by atoms with Crippen LogP contribution in [0, 0.1) is 5.41 Å². The normalized spacial score (nSPS) is 24.4. The lowest BCUT2D eigenvalue weighted by Crippen LogP contribution is -2.33. The summed E-state index contributed by atoms with van der Waals surface area (Å²) < 4.78 is 37.3. The largest absolute Gasteiger partial charge is 0.497 e. The summed E-state index contributed by atoms with van der Waals surface area (Å²) in [5.74, 6) is 0.283. The Bertz CT molecular complexity index is 945. The number of thiocarbonyl (C=S) groups is 1. The van der Waals surface area contributed by atoms with Gasteiger partial charge in [-0.25, -0.2) is 8.42 Å². The first-order valence-electron chi connectivity index (χ1n) is 8.21. The first-order chi connectivity index (χ1) is 12.8. The zero-order chi connectivity index (χ0) is 19.8. The van der Waals surface area contributed by atoms with Gasteiger partial charge in [0.05, 0.1) is 34.3 Å². The number of hydrogen-bond donors (Lipinski definition) is 1. The molecular formula is C19H20ClNO4S2. The maximum absolute atomic E-state index is 13.4. The minimum Gasteiger partial charge on any atom is -0.497 e. The molecule has 2 aromatic carbocycles. The van der Waals surface area contributed by atoms with Crippen molar-refractivity contribution < 1.29 is 17.9 Å². The van der Waals surface area contributed by atoms with E-state index < -0.39 is 26.4 Å². The second kappa shape index (κ2) is 7.39. The van der Waals surface area contributed by atoms with Crippen LogP contribution >= 0.6 is 23.8 Å². The molecule has 0 aliphatic heterocycles. The van der Waals surface area contributed by atoms with Gasteiger partial charge in [0.15, 0.2) is 9.84 Å². The van der Waals surface area contributed by atoms with Crippen LogP contribution in [0.25, 0.3) is 0 Å². The third-order valence-corrected chi connectivity index (χ3v) is 7.97. The number of ether oxygens (including phenoxy) is 2. The van der Waals surface area contributed by atoms with Gasteiger partial charge in [0, 0.05) is 18.1 Å². The Morgan fingerprint density at radius 3 is 2.22 bits per heavy atom. The molecule has 0 aromatic heterocycles. The van der Waals surface area contributed by atoms with Gasteiger partial charge in [-0.05, 0) is 42.0 Å². The Kier molecular flexibility index (Phi) is 5.49. The minimum atomic E-state index is -3.71. The molecule has 5 nitrogen and oxygen atoms in total. The fourth-order valence-electron chi connectivity index (χ4n) is 3.69. The highest BCUT2D eigenvalue weighted by atomic mass is 35.5. The zero-order valence-corrected chi connectivity index (χ0v) is 17.3. The summed E-state index contributed by atoms with van der Waals surface area (Å²) >= 11 is 11.2. The fraction of sp³-hybridized carbons (Fsp3) is 0.316. The van der Waals surface area contributed by atoms with Crippen molar-refractivity contribution in [1.82, 2.24) is 0 Å². The Hall–Kier alpha value is -1.67. The Labute approximate surface area is 169 Å². The Balaban J connectivity index is 2.09. The number of halogens is 1. The Morgan fingerprint density at radius 2 is 1.74 bits per heavy atom. The molecule has 1 fully saturated rings. The van der Waals surface area contributed by atoms with Crippen LogP contribution in [0.4, 0.5) is 0 Å². The predicted octanol–water partition coefficient (Wildman–Crippen LogP) is 3.21. The van der Waals surface area contributed by atoms with Crippen LogP contribution in [0.15, 0.2) is 53.4 Å². The molecule has 8 heteroatoms. The number of hydrogen-bond acceptors (Lipinski definition) is 5. The van der Waals surface area contributed by atoms with Gasteiger partial charge < -0.3 is 15.2 Å². The molecule has 2 aromatic rings. The average Bonchev–Trinajstić information content (AvgIpc) is 3.33. The monoisotopic (exact) mass is 425 g/mol. The van der Waals surface area contributed by atoms with Crippen molar-refractivity contribution in [1.29, 1.82) is 0 Å². The molecule has 0 saturated heterocycles. The van der Waals surface area contributed by atoms with E-state index in [1.54, 1.807) is 31.4 Å². The van der Waals surface area contributed by atoms with E-state index in [-0.39, 0.29) is 16.5 Å². The molecule has 1 aliphatic rings. The van der Waals surface area contributed by atoms with E-state index in [0.717, 1.165) is 5.56 Å². The molecule has 0 heterocycles. The third-order valence-electron chi connectivity index (χ3n) is 5.05. The molecule has 0 radical (unpaired) electrons. The van der Waals surface area contributed by atoms with E-state index in [1.807, 2.05) is 12.1 Å². The van der Waals surface area contributed by atoms with Crippen LogP contribution in [0.3, 0.4) is 0 Å². The van der Waals surface area contributed by atoms with Crippen molar-refractivity contribution in [2.45, 2.75) is 16.1 Å². The molecule has 1 saturated carbocycles. The maximum Gasteiger partial charge on any atom is 0.182 e. The molecule has 2 N–H and O–H groups in total. The van der Waals surface area contributed by atoms with Crippen LogP contribution < -0.4 is 10.5 Å². The molecule has 144 valence electrons. The van der Waals surface area contributed by atoms with Crippen LogP contribution in [-0.4, -0.2) is 39.5 Å². The summed E-state index contributed by atoms with van der Waals surface area (Å²) in [6, 6.07) is 13.4. The van der Waals surface area contributed by atoms with Gasteiger partial charge in [-0.1, -0.05) is 36.0 Å². The predicted molar refractivity (Wildman–Crippen MR) is 109 cm³/mol. The molecule has 3 rings (SSSR count). The quantitative estimate of drug-likeness (QED) is 0.686. The summed E-state index contributed by atoms with van der Waals surface area (Å²) in [5, 5.41) is -0.342. The molecule has 1 aliphatic carbocycles. The van der Waals surface area contributed by atoms with Gasteiger partial charge in [-0.2, -0.15) is 0 Å². The number of methoxy groups -OCH3 is 2. The fourth-order valence-corrected chi connectivity index (χ4v) is 6.59. The van der Waals surface area contributed by atoms with E-state index in [0.29, 0.717) is 10.8 Å². The summed E-state index contributed by atoms with van der Waals surface area (Å²) in [4.78, 5) is 0.317. The summed E-state index contributed by atoms with van der Waals surface area (Å²) in [7, 11) is -0.625. The zero-order valence-electron chi connectivity index (χ0n) is 14.9. The van der Waals surface area contributed by atoms with Crippen LogP contribution in [0.2, 0.25) is 5.02 Å².